The lowest BCUT2D eigenvalue weighted by Crippen LogP contribution is -2.25. The first kappa shape index (κ1) is 42.0. The second kappa shape index (κ2) is 16.8. The minimum atomic E-state index is -3.40. The molecular weight excluding hydrogens is 887 g/mol. The highest BCUT2D eigenvalue weighted by atomic mass is 31.2. The minimum Gasteiger partial charge on any atom is -0.309 e. The van der Waals surface area contributed by atoms with Crippen molar-refractivity contribution in [2.24, 2.45) is 0 Å². The van der Waals surface area contributed by atoms with Crippen molar-refractivity contribution in [3.8, 4) is 22.3 Å². The monoisotopic (exact) mass is 930 g/mol. The normalized spacial score (nSPS) is 12.1. The molecule has 0 aliphatic heterocycles. The first-order valence-corrected chi connectivity index (χ1v) is 27.2. The van der Waals surface area contributed by atoms with Crippen molar-refractivity contribution in [1.29, 1.82) is 0 Å². The SMILES string of the molecule is O=P(c1ccccc1)(c1ccccc1)c1ccc2c(-c3ccc4cc5ccccc5cc4c3)c3cc(P(=O)(c4ccccc4)c4ccccc4)ccc3c(-c3ccc4cc5ccccc5cc4c3)c2c1. The Morgan fingerprint density at radius 3 is 0.814 bits per heavy atom. The number of rotatable bonds is 8. The maximum Gasteiger partial charge on any atom is 0.171 e. The van der Waals surface area contributed by atoms with E-state index in [1.54, 1.807) is 0 Å². The lowest BCUT2D eigenvalue weighted by Gasteiger charge is -2.24. The zero-order chi connectivity index (χ0) is 46.8. The van der Waals surface area contributed by atoms with E-state index < -0.39 is 14.3 Å². The zero-order valence-electron chi connectivity index (χ0n) is 38.1. The van der Waals surface area contributed by atoms with Gasteiger partial charge >= 0.3 is 0 Å². The maximum absolute atomic E-state index is 16.3. The van der Waals surface area contributed by atoms with E-state index in [1.807, 2.05) is 121 Å². The number of hydrogen-bond acceptors (Lipinski definition) is 2. The molecule has 0 fully saturated rings. The van der Waals surface area contributed by atoms with Gasteiger partial charge < -0.3 is 9.13 Å². The fraction of sp³-hybridized carbons (Fsp3) is 0. The smallest absolute Gasteiger partial charge is 0.171 e. The highest BCUT2D eigenvalue weighted by Gasteiger charge is 2.33. The molecule has 0 atom stereocenters. The van der Waals surface area contributed by atoms with E-state index in [-0.39, 0.29) is 0 Å². The van der Waals surface area contributed by atoms with Crippen molar-refractivity contribution in [2.75, 3.05) is 0 Å². The summed E-state index contributed by atoms with van der Waals surface area (Å²) in [5.41, 5.74) is 4.15. The first-order valence-electron chi connectivity index (χ1n) is 23.8. The summed E-state index contributed by atoms with van der Waals surface area (Å²) in [4.78, 5) is 0. The third-order valence-corrected chi connectivity index (χ3v) is 20.4. The van der Waals surface area contributed by atoms with Gasteiger partial charge in [0.1, 0.15) is 0 Å². The predicted octanol–water partition coefficient (Wildman–Crippen LogP) is 15.2. The van der Waals surface area contributed by atoms with Crippen LogP contribution in [0.15, 0.2) is 267 Å². The second-order valence-electron chi connectivity index (χ2n) is 18.3. The van der Waals surface area contributed by atoms with Gasteiger partial charge in [-0.2, -0.15) is 0 Å². The van der Waals surface area contributed by atoms with E-state index in [1.165, 1.54) is 21.5 Å². The van der Waals surface area contributed by atoms with Crippen LogP contribution in [-0.2, 0) is 9.13 Å². The van der Waals surface area contributed by atoms with Gasteiger partial charge in [-0.1, -0.05) is 218 Å². The molecule has 13 aromatic rings. The van der Waals surface area contributed by atoms with Crippen molar-refractivity contribution in [1.82, 2.24) is 0 Å². The van der Waals surface area contributed by atoms with Gasteiger partial charge in [-0.3, -0.25) is 0 Å². The lowest BCUT2D eigenvalue weighted by molar-refractivity contribution is 0.591. The van der Waals surface area contributed by atoms with Crippen LogP contribution in [0.4, 0.5) is 0 Å². The molecule has 330 valence electrons. The molecule has 0 amide bonds. The molecular formula is C66H44O2P2. The van der Waals surface area contributed by atoms with Crippen LogP contribution in [0.5, 0.6) is 0 Å². The van der Waals surface area contributed by atoms with Crippen LogP contribution in [0.3, 0.4) is 0 Å². The van der Waals surface area contributed by atoms with E-state index in [9.17, 15) is 0 Å². The van der Waals surface area contributed by atoms with Crippen LogP contribution < -0.4 is 31.8 Å². The van der Waals surface area contributed by atoms with Crippen LogP contribution in [0, 0.1) is 0 Å². The van der Waals surface area contributed by atoms with Gasteiger partial charge in [-0.25, -0.2) is 0 Å². The van der Waals surface area contributed by atoms with E-state index >= 15 is 9.13 Å². The predicted molar refractivity (Wildman–Crippen MR) is 301 cm³/mol. The molecule has 0 heterocycles. The quantitative estimate of drug-likeness (QED) is 0.112. The van der Waals surface area contributed by atoms with Gasteiger partial charge in [0.15, 0.2) is 14.3 Å². The summed E-state index contributed by atoms with van der Waals surface area (Å²) in [5, 5.41) is 18.0. The van der Waals surface area contributed by atoms with Gasteiger partial charge in [0.2, 0.25) is 0 Å². The van der Waals surface area contributed by atoms with E-state index in [4.69, 9.17) is 0 Å². The largest absolute Gasteiger partial charge is 0.309 e. The molecule has 0 spiro atoms. The maximum atomic E-state index is 16.3. The number of hydrogen-bond donors (Lipinski definition) is 0. The number of fused-ring (bicyclic) bond motifs is 6. The third kappa shape index (κ3) is 6.87. The van der Waals surface area contributed by atoms with Crippen molar-refractivity contribution in [2.45, 2.75) is 0 Å². The minimum absolute atomic E-state index is 0.759. The molecule has 0 bridgehead atoms. The first-order chi connectivity index (χ1) is 34.4. The van der Waals surface area contributed by atoms with Crippen LogP contribution in [0.2, 0.25) is 0 Å². The molecule has 13 aromatic carbocycles. The van der Waals surface area contributed by atoms with Crippen molar-refractivity contribution >= 4 is 111 Å². The van der Waals surface area contributed by atoms with Gasteiger partial charge in [-0.05, 0) is 135 Å². The summed E-state index contributed by atoms with van der Waals surface area (Å²) in [7, 11) is -6.79. The molecule has 70 heavy (non-hydrogen) atoms. The molecule has 0 aliphatic carbocycles. The molecule has 2 nitrogen and oxygen atoms in total. The fourth-order valence-corrected chi connectivity index (χ4v) is 16.2. The zero-order valence-corrected chi connectivity index (χ0v) is 39.9. The van der Waals surface area contributed by atoms with E-state index in [2.05, 4.69) is 146 Å². The summed E-state index contributed by atoms with van der Waals surface area (Å²) in [5.74, 6) is 0. The summed E-state index contributed by atoms with van der Waals surface area (Å²) in [6, 6.07) is 92.4. The van der Waals surface area contributed by atoms with Crippen molar-refractivity contribution in [3.63, 3.8) is 0 Å². The Morgan fingerprint density at radius 2 is 0.486 bits per heavy atom. The molecule has 0 saturated carbocycles. The van der Waals surface area contributed by atoms with Gasteiger partial charge in [0.25, 0.3) is 0 Å². The Morgan fingerprint density at radius 1 is 0.200 bits per heavy atom. The van der Waals surface area contributed by atoms with Crippen LogP contribution in [-0.4, -0.2) is 0 Å². The Bertz CT molecular complexity index is 3920. The topological polar surface area (TPSA) is 34.1 Å². The Kier molecular flexibility index (Phi) is 10.1. The average molecular weight is 931 g/mol. The van der Waals surface area contributed by atoms with E-state index in [0.29, 0.717) is 0 Å². The third-order valence-electron chi connectivity index (χ3n) is 14.3. The Labute approximate surface area is 406 Å². The Hall–Kier alpha value is -8.12. The molecule has 13 rings (SSSR count). The lowest BCUT2D eigenvalue weighted by atomic mass is 9.85. The standard InChI is InChI=1S/C66H44O2P2/c67-69(55-21-5-1-6-22-55,56-23-7-2-8-24-56)59-33-35-61-63(43-59)65(51-31-29-49-37-45-17-13-15-19-47(45)39-53(49)41-51)62-36-34-60(70(68,57-25-9-3-10-26-57)58-27-11-4-12-28-58)44-64(62)66(61)52-32-30-50-38-46-18-14-16-20-48(46)40-54(50)42-52/h1-44H. The second-order valence-corrected chi connectivity index (χ2v) is 23.8. The highest BCUT2D eigenvalue weighted by molar-refractivity contribution is 7.85. The highest BCUT2D eigenvalue weighted by Crippen LogP contribution is 2.50. The average Bonchev–Trinajstić information content (AvgIpc) is 3.43. The summed E-state index contributed by atoms with van der Waals surface area (Å²) >= 11 is 0. The van der Waals surface area contributed by atoms with Crippen LogP contribution in [0.1, 0.15) is 0 Å². The molecule has 0 N–H and O–H groups in total. The summed E-state index contributed by atoms with van der Waals surface area (Å²) in [6.45, 7) is 0. The molecule has 0 radical (unpaired) electrons. The summed E-state index contributed by atoms with van der Waals surface area (Å²) < 4.78 is 32.5. The fourth-order valence-electron chi connectivity index (χ4n) is 10.9. The Balaban J connectivity index is 1.18. The molecule has 0 unspecified atom stereocenters. The van der Waals surface area contributed by atoms with E-state index in [0.717, 1.165) is 97.2 Å². The van der Waals surface area contributed by atoms with Crippen molar-refractivity contribution < 1.29 is 9.13 Å². The van der Waals surface area contributed by atoms with Crippen LogP contribution in [0.25, 0.3) is 86.9 Å². The summed E-state index contributed by atoms with van der Waals surface area (Å²) in [6.07, 6.45) is 0. The van der Waals surface area contributed by atoms with Gasteiger partial charge in [0, 0.05) is 31.8 Å². The molecule has 0 aliphatic rings. The van der Waals surface area contributed by atoms with Gasteiger partial charge in [-0.15, -0.1) is 0 Å². The van der Waals surface area contributed by atoms with Gasteiger partial charge in [0.05, 0.1) is 0 Å². The van der Waals surface area contributed by atoms with Crippen molar-refractivity contribution in [3.05, 3.63) is 267 Å². The molecule has 0 saturated heterocycles. The van der Waals surface area contributed by atoms with Crippen LogP contribution >= 0.6 is 14.3 Å². The molecule has 0 aromatic heterocycles. The number of benzene rings is 13. The molecule has 4 heteroatoms.